The lowest BCUT2D eigenvalue weighted by atomic mass is 10.6. The van der Waals surface area contributed by atoms with Crippen LogP contribution in [0.3, 0.4) is 0 Å². The molecule has 1 aromatic heterocycles. The van der Waals surface area contributed by atoms with Gasteiger partial charge in [-0.1, -0.05) is 0 Å². The van der Waals surface area contributed by atoms with E-state index in [9.17, 15) is 8.42 Å². The van der Waals surface area contributed by atoms with E-state index in [2.05, 4.69) is 10.2 Å². The summed E-state index contributed by atoms with van der Waals surface area (Å²) in [5, 5.41) is 6.87. The molecule has 0 spiro atoms. The molecule has 1 heterocycles. The van der Waals surface area contributed by atoms with Gasteiger partial charge in [0.1, 0.15) is 0 Å². The van der Waals surface area contributed by atoms with Gasteiger partial charge in [0.25, 0.3) is 0 Å². The van der Waals surface area contributed by atoms with Crippen molar-refractivity contribution in [3.63, 3.8) is 0 Å². The molecule has 54 valence electrons. The minimum absolute atomic E-state index is 0.197. The summed E-state index contributed by atoms with van der Waals surface area (Å²) in [6, 6.07) is 1.41. The average molecular weight is 158 g/mol. The standard InChI is InChI=1S/C5H6N2O2S/c1-10(8,9)5-2-3-6-7-4-5/h2-4H,1H3. The zero-order valence-electron chi connectivity index (χ0n) is 5.35. The van der Waals surface area contributed by atoms with E-state index in [0.29, 0.717) is 0 Å². The molecule has 0 atom stereocenters. The highest BCUT2D eigenvalue weighted by molar-refractivity contribution is 7.90. The first-order valence-electron chi connectivity index (χ1n) is 2.57. The second-order valence-electron chi connectivity index (χ2n) is 1.85. The molecule has 1 rings (SSSR count). The lowest BCUT2D eigenvalue weighted by molar-refractivity contribution is 0.601. The Hall–Kier alpha value is -0.970. The quantitative estimate of drug-likeness (QED) is 0.571. The van der Waals surface area contributed by atoms with Gasteiger partial charge in [0, 0.05) is 6.26 Å². The minimum Gasteiger partial charge on any atom is -0.224 e. The SMILES string of the molecule is CS(=O)(=O)c1ccnnc1. The molecule has 5 heteroatoms. The van der Waals surface area contributed by atoms with Gasteiger partial charge in [-0.15, -0.1) is 0 Å². The summed E-state index contributed by atoms with van der Waals surface area (Å²) in [7, 11) is -3.11. The van der Waals surface area contributed by atoms with Crippen molar-refractivity contribution in [3.05, 3.63) is 18.5 Å². The molecule has 0 radical (unpaired) electrons. The van der Waals surface area contributed by atoms with E-state index >= 15 is 0 Å². The zero-order chi connectivity index (χ0) is 7.61. The van der Waals surface area contributed by atoms with Gasteiger partial charge in [-0.2, -0.15) is 10.2 Å². The van der Waals surface area contributed by atoms with Crippen molar-refractivity contribution in [1.29, 1.82) is 0 Å². The molecule has 0 aliphatic rings. The van der Waals surface area contributed by atoms with Gasteiger partial charge in [0.2, 0.25) is 0 Å². The fraction of sp³-hybridized carbons (Fsp3) is 0.200. The van der Waals surface area contributed by atoms with E-state index in [4.69, 9.17) is 0 Å². The molecule has 0 fully saturated rings. The first kappa shape index (κ1) is 7.14. The Morgan fingerprint density at radius 3 is 2.40 bits per heavy atom. The van der Waals surface area contributed by atoms with Crippen LogP contribution in [0, 0.1) is 0 Å². The van der Waals surface area contributed by atoms with Crippen LogP contribution in [-0.2, 0) is 9.84 Å². The molecular formula is C5H6N2O2S. The second-order valence-corrected chi connectivity index (χ2v) is 3.87. The highest BCUT2D eigenvalue weighted by Crippen LogP contribution is 2.02. The van der Waals surface area contributed by atoms with Crippen LogP contribution in [0.2, 0.25) is 0 Å². The highest BCUT2D eigenvalue weighted by atomic mass is 32.2. The Bertz CT molecular complexity index is 306. The number of aromatic nitrogens is 2. The summed E-state index contributed by atoms with van der Waals surface area (Å²) in [5.74, 6) is 0. The fourth-order valence-electron chi connectivity index (χ4n) is 0.498. The van der Waals surface area contributed by atoms with Gasteiger partial charge < -0.3 is 0 Å². The van der Waals surface area contributed by atoms with E-state index in [-0.39, 0.29) is 4.90 Å². The molecule has 4 nitrogen and oxygen atoms in total. The van der Waals surface area contributed by atoms with E-state index < -0.39 is 9.84 Å². The number of hydrogen-bond acceptors (Lipinski definition) is 4. The van der Waals surface area contributed by atoms with Crippen molar-refractivity contribution < 1.29 is 8.42 Å². The maximum Gasteiger partial charge on any atom is 0.177 e. The van der Waals surface area contributed by atoms with Gasteiger partial charge >= 0.3 is 0 Å². The van der Waals surface area contributed by atoms with Gasteiger partial charge in [-0.3, -0.25) is 0 Å². The first-order chi connectivity index (χ1) is 4.61. The molecule has 0 amide bonds. The van der Waals surface area contributed by atoms with Crippen LogP contribution in [0.25, 0.3) is 0 Å². The van der Waals surface area contributed by atoms with Gasteiger partial charge in [0.05, 0.1) is 17.3 Å². The van der Waals surface area contributed by atoms with Crippen molar-refractivity contribution in [2.75, 3.05) is 6.26 Å². The molecule has 0 aromatic carbocycles. The van der Waals surface area contributed by atoms with Crippen LogP contribution in [0.4, 0.5) is 0 Å². The summed E-state index contributed by atoms with van der Waals surface area (Å²) >= 11 is 0. The van der Waals surface area contributed by atoms with Crippen LogP contribution < -0.4 is 0 Å². The number of sulfone groups is 1. The Morgan fingerprint density at radius 1 is 1.40 bits per heavy atom. The van der Waals surface area contributed by atoms with E-state index in [1.807, 2.05) is 0 Å². The normalized spacial score (nSPS) is 11.3. The zero-order valence-corrected chi connectivity index (χ0v) is 6.17. The largest absolute Gasteiger partial charge is 0.224 e. The third-order valence-corrected chi connectivity index (χ3v) is 2.08. The maximum absolute atomic E-state index is 10.8. The topological polar surface area (TPSA) is 59.9 Å². The van der Waals surface area contributed by atoms with Crippen molar-refractivity contribution in [2.45, 2.75) is 4.90 Å². The fourth-order valence-corrected chi connectivity index (χ4v) is 1.04. The van der Waals surface area contributed by atoms with Gasteiger partial charge in [-0.05, 0) is 6.07 Å². The van der Waals surface area contributed by atoms with E-state index in [1.165, 1.54) is 18.5 Å². The second kappa shape index (κ2) is 2.34. The Kier molecular flexibility index (Phi) is 1.67. The molecule has 0 bridgehead atoms. The number of nitrogens with zero attached hydrogens (tertiary/aromatic N) is 2. The molecule has 0 N–H and O–H groups in total. The average Bonchev–Trinajstić information content (AvgIpc) is 1.88. The summed E-state index contributed by atoms with van der Waals surface area (Å²) in [6.45, 7) is 0. The van der Waals surface area contributed by atoms with Crippen molar-refractivity contribution >= 4 is 9.84 Å². The monoisotopic (exact) mass is 158 g/mol. The number of hydrogen-bond donors (Lipinski definition) is 0. The Labute approximate surface area is 58.8 Å². The predicted molar refractivity (Wildman–Crippen MR) is 35.1 cm³/mol. The Morgan fingerprint density at radius 2 is 2.10 bits per heavy atom. The third-order valence-electron chi connectivity index (χ3n) is 0.985. The molecule has 0 saturated heterocycles. The van der Waals surface area contributed by atoms with Crippen LogP contribution in [-0.4, -0.2) is 24.9 Å². The smallest absolute Gasteiger partial charge is 0.177 e. The molecule has 0 aliphatic heterocycles. The van der Waals surface area contributed by atoms with Crippen LogP contribution in [0.1, 0.15) is 0 Å². The third kappa shape index (κ3) is 1.51. The van der Waals surface area contributed by atoms with Crippen molar-refractivity contribution in [3.8, 4) is 0 Å². The predicted octanol–water partition coefficient (Wildman–Crippen LogP) is -0.120. The highest BCUT2D eigenvalue weighted by Gasteiger charge is 2.04. The van der Waals surface area contributed by atoms with Gasteiger partial charge in [-0.25, -0.2) is 8.42 Å². The van der Waals surface area contributed by atoms with Crippen LogP contribution in [0.5, 0.6) is 0 Å². The maximum atomic E-state index is 10.8. The van der Waals surface area contributed by atoms with Crippen LogP contribution in [0.15, 0.2) is 23.4 Å². The lowest BCUT2D eigenvalue weighted by Crippen LogP contribution is -1.97. The van der Waals surface area contributed by atoms with Gasteiger partial charge in [0.15, 0.2) is 9.84 Å². The summed E-state index contributed by atoms with van der Waals surface area (Å²) in [5.41, 5.74) is 0. The lowest BCUT2D eigenvalue weighted by Gasteiger charge is -1.92. The van der Waals surface area contributed by atoms with E-state index in [1.54, 1.807) is 0 Å². The molecule has 0 unspecified atom stereocenters. The molecule has 1 aromatic rings. The summed E-state index contributed by atoms with van der Waals surface area (Å²) in [4.78, 5) is 0.197. The van der Waals surface area contributed by atoms with Crippen LogP contribution >= 0.6 is 0 Å². The molecule has 0 aliphatic carbocycles. The molecular weight excluding hydrogens is 152 g/mol. The van der Waals surface area contributed by atoms with Crippen molar-refractivity contribution in [2.24, 2.45) is 0 Å². The summed E-state index contributed by atoms with van der Waals surface area (Å²) in [6.07, 6.45) is 3.69. The minimum atomic E-state index is -3.11. The van der Waals surface area contributed by atoms with E-state index in [0.717, 1.165) is 6.26 Å². The molecule has 0 saturated carbocycles. The summed E-state index contributed by atoms with van der Waals surface area (Å²) < 4.78 is 21.5. The Balaban J connectivity index is 3.22. The van der Waals surface area contributed by atoms with Crippen molar-refractivity contribution in [1.82, 2.24) is 10.2 Å². The first-order valence-corrected chi connectivity index (χ1v) is 4.46. The molecule has 10 heavy (non-hydrogen) atoms. The number of rotatable bonds is 1.